The van der Waals surface area contributed by atoms with Crippen molar-refractivity contribution in [1.82, 2.24) is 0 Å². The van der Waals surface area contributed by atoms with Gasteiger partial charge in [0.15, 0.2) is 5.78 Å². The first-order valence-electron chi connectivity index (χ1n) is 6.34. The van der Waals surface area contributed by atoms with E-state index >= 15 is 0 Å². The Labute approximate surface area is 128 Å². The van der Waals surface area contributed by atoms with Crippen LogP contribution in [0.4, 0.5) is 0 Å². The number of allylic oxidation sites excluding steroid dienone is 1. The van der Waals surface area contributed by atoms with Crippen LogP contribution in [0.15, 0.2) is 48.5 Å². The van der Waals surface area contributed by atoms with E-state index in [2.05, 4.69) is 0 Å². The van der Waals surface area contributed by atoms with Crippen molar-refractivity contribution in [2.75, 3.05) is 14.2 Å². The molecule has 0 unspecified atom stereocenters. The van der Waals surface area contributed by atoms with Crippen LogP contribution in [0.1, 0.15) is 15.9 Å². The van der Waals surface area contributed by atoms with Crippen LogP contribution >= 0.6 is 11.6 Å². The molecule has 0 aliphatic carbocycles. The summed E-state index contributed by atoms with van der Waals surface area (Å²) in [6, 6.07) is 12.4. The first-order valence-corrected chi connectivity index (χ1v) is 6.72. The number of carbonyl (C=O) groups is 1. The van der Waals surface area contributed by atoms with E-state index in [1.165, 1.54) is 13.2 Å². The maximum absolute atomic E-state index is 12.2. The number of methoxy groups -OCH3 is 2. The summed E-state index contributed by atoms with van der Waals surface area (Å²) in [7, 11) is 3.12. The van der Waals surface area contributed by atoms with Gasteiger partial charge in [-0.2, -0.15) is 0 Å². The monoisotopic (exact) mass is 302 g/mol. The molecule has 108 valence electrons. The summed E-state index contributed by atoms with van der Waals surface area (Å²) in [5, 5.41) is 0.494. The Hall–Kier alpha value is -2.26. The van der Waals surface area contributed by atoms with Crippen molar-refractivity contribution in [1.29, 1.82) is 0 Å². The molecule has 0 fully saturated rings. The molecule has 0 spiro atoms. The van der Waals surface area contributed by atoms with E-state index in [-0.39, 0.29) is 5.78 Å². The van der Waals surface area contributed by atoms with Gasteiger partial charge in [-0.15, -0.1) is 0 Å². The third-order valence-electron chi connectivity index (χ3n) is 2.95. The van der Waals surface area contributed by atoms with E-state index in [9.17, 15) is 4.79 Å². The molecule has 0 atom stereocenters. The molecule has 2 aromatic carbocycles. The maximum Gasteiger partial charge on any atom is 0.189 e. The zero-order chi connectivity index (χ0) is 15.2. The van der Waals surface area contributed by atoms with Gasteiger partial charge in [0.25, 0.3) is 0 Å². The van der Waals surface area contributed by atoms with E-state index in [4.69, 9.17) is 21.1 Å². The minimum atomic E-state index is -0.169. The summed E-state index contributed by atoms with van der Waals surface area (Å²) < 4.78 is 10.3. The highest BCUT2D eigenvalue weighted by Crippen LogP contribution is 2.23. The van der Waals surface area contributed by atoms with E-state index in [1.807, 2.05) is 24.3 Å². The molecule has 0 aliphatic heterocycles. The summed E-state index contributed by atoms with van der Waals surface area (Å²) >= 11 is 5.93. The molecule has 0 aliphatic rings. The van der Waals surface area contributed by atoms with Crippen LogP contribution in [0, 0.1) is 0 Å². The zero-order valence-electron chi connectivity index (χ0n) is 11.8. The van der Waals surface area contributed by atoms with E-state index < -0.39 is 0 Å². The maximum atomic E-state index is 12.2. The second-order valence-corrected chi connectivity index (χ2v) is 4.76. The van der Waals surface area contributed by atoms with Gasteiger partial charge in [0.1, 0.15) is 11.5 Å². The van der Waals surface area contributed by atoms with Gasteiger partial charge in [-0.05, 0) is 42.0 Å². The van der Waals surface area contributed by atoms with Crippen LogP contribution in [-0.4, -0.2) is 20.0 Å². The lowest BCUT2D eigenvalue weighted by Gasteiger charge is -2.05. The number of rotatable bonds is 5. The second kappa shape index (κ2) is 6.95. The van der Waals surface area contributed by atoms with Crippen LogP contribution in [0.25, 0.3) is 6.08 Å². The Balaban J connectivity index is 2.24. The van der Waals surface area contributed by atoms with Crippen molar-refractivity contribution in [3.63, 3.8) is 0 Å². The molecule has 0 bridgehead atoms. The lowest BCUT2D eigenvalue weighted by atomic mass is 10.1. The Morgan fingerprint density at radius 3 is 2.62 bits per heavy atom. The molecule has 0 amide bonds. The van der Waals surface area contributed by atoms with E-state index in [1.54, 1.807) is 31.4 Å². The summed E-state index contributed by atoms with van der Waals surface area (Å²) in [5.74, 6) is 1.07. The van der Waals surface area contributed by atoms with Crippen molar-refractivity contribution < 1.29 is 14.3 Å². The molecule has 2 rings (SSSR count). The Bertz CT molecular complexity index is 677. The number of halogens is 1. The first kappa shape index (κ1) is 15.1. The Kier molecular flexibility index (Phi) is 5.01. The predicted octanol–water partition coefficient (Wildman–Crippen LogP) is 4.25. The molecule has 21 heavy (non-hydrogen) atoms. The van der Waals surface area contributed by atoms with Crippen LogP contribution in [0.2, 0.25) is 5.02 Å². The SMILES string of the molecule is COc1cccc(/C=C/C(=O)c2cc(Cl)ccc2OC)c1. The van der Waals surface area contributed by atoms with Gasteiger partial charge in [-0.25, -0.2) is 0 Å². The number of ether oxygens (including phenoxy) is 2. The Morgan fingerprint density at radius 1 is 1.10 bits per heavy atom. The molecular formula is C17H15ClO3. The Morgan fingerprint density at radius 2 is 1.90 bits per heavy atom. The smallest absolute Gasteiger partial charge is 0.189 e. The van der Waals surface area contributed by atoms with Crippen LogP contribution < -0.4 is 9.47 Å². The highest BCUT2D eigenvalue weighted by molar-refractivity contribution is 6.31. The van der Waals surface area contributed by atoms with Gasteiger partial charge in [-0.3, -0.25) is 4.79 Å². The molecular weight excluding hydrogens is 288 g/mol. The fourth-order valence-corrected chi connectivity index (χ4v) is 2.05. The number of hydrogen-bond acceptors (Lipinski definition) is 3. The third kappa shape index (κ3) is 3.86. The minimum Gasteiger partial charge on any atom is -0.497 e. The molecule has 0 radical (unpaired) electrons. The normalized spacial score (nSPS) is 10.6. The van der Waals surface area contributed by atoms with Crippen molar-refractivity contribution in [2.45, 2.75) is 0 Å². The van der Waals surface area contributed by atoms with Gasteiger partial charge in [0, 0.05) is 5.02 Å². The lowest BCUT2D eigenvalue weighted by Crippen LogP contribution is -1.98. The number of ketones is 1. The summed E-state index contributed by atoms with van der Waals surface area (Å²) in [4.78, 5) is 12.2. The van der Waals surface area contributed by atoms with Crippen molar-refractivity contribution in [3.8, 4) is 11.5 Å². The molecule has 0 aromatic heterocycles. The highest BCUT2D eigenvalue weighted by Gasteiger charge is 2.10. The number of carbonyl (C=O) groups excluding carboxylic acids is 1. The molecule has 0 N–H and O–H groups in total. The summed E-state index contributed by atoms with van der Waals surface area (Å²) in [5.41, 5.74) is 1.31. The molecule has 0 saturated carbocycles. The van der Waals surface area contributed by atoms with Gasteiger partial charge in [-0.1, -0.05) is 29.8 Å². The average molecular weight is 303 g/mol. The molecule has 0 saturated heterocycles. The lowest BCUT2D eigenvalue weighted by molar-refractivity contribution is 0.104. The first-order chi connectivity index (χ1) is 10.1. The number of hydrogen-bond donors (Lipinski definition) is 0. The van der Waals surface area contributed by atoms with Gasteiger partial charge in [0.05, 0.1) is 19.8 Å². The highest BCUT2D eigenvalue weighted by atomic mass is 35.5. The zero-order valence-corrected chi connectivity index (χ0v) is 12.6. The standard InChI is InChI=1S/C17H15ClO3/c1-20-14-5-3-4-12(10-14)6-8-16(19)15-11-13(18)7-9-17(15)21-2/h3-11H,1-2H3/b8-6+. The number of benzene rings is 2. The fraction of sp³-hybridized carbons (Fsp3) is 0.118. The van der Waals surface area contributed by atoms with Crippen LogP contribution in [-0.2, 0) is 0 Å². The minimum absolute atomic E-state index is 0.169. The van der Waals surface area contributed by atoms with Crippen LogP contribution in [0.3, 0.4) is 0 Å². The average Bonchev–Trinajstić information content (AvgIpc) is 2.52. The van der Waals surface area contributed by atoms with Crippen molar-refractivity contribution in [2.24, 2.45) is 0 Å². The van der Waals surface area contributed by atoms with Gasteiger partial charge >= 0.3 is 0 Å². The van der Waals surface area contributed by atoms with Crippen molar-refractivity contribution in [3.05, 3.63) is 64.7 Å². The van der Waals surface area contributed by atoms with E-state index in [0.29, 0.717) is 16.3 Å². The quantitative estimate of drug-likeness (QED) is 0.612. The van der Waals surface area contributed by atoms with E-state index in [0.717, 1.165) is 11.3 Å². The van der Waals surface area contributed by atoms with Gasteiger partial charge < -0.3 is 9.47 Å². The second-order valence-electron chi connectivity index (χ2n) is 4.32. The predicted molar refractivity (Wildman–Crippen MR) is 84.4 cm³/mol. The van der Waals surface area contributed by atoms with Crippen molar-refractivity contribution >= 4 is 23.5 Å². The molecule has 4 heteroatoms. The molecule has 3 nitrogen and oxygen atoms in total. The summed E-state index contributed by atoms with van der Waals surface area (Å²) in [6.45, 7) is 0. The third-order valence-corrected chi connectivity index (χ3v) is 3.18. The molecule has 0 heterocycles. The summed E-state index contributed by atoms with van der Waals surface area (Å²) in [6.07, 6.45) is 3.22. The van der Waals surface area contributed by atoms with Crippen LogP contribution in [0.5, 0.6) is 11.5 Å². The topological polar surface area (TPSA) is 35.5 Å². The largest absolute Gasteiger partial charge is 0.497 e. The fourth-order valence-electron chi connectivity index (χ4n) is 1.88. The van der Waals surface area contributed by atoms with Gasteiger partial charge in [0.2, 0.25) is 0 Å². The molecule has 2 aromatic rings.